The Morgan fingerprint density at radius 3 is 2.79 bits per heavy atom. The zero-order chi connectivity index (χ0) is 24.3. The van der Waals surface area contributed by atoms with E-state index in [0.29, 0.717) is 42.8 Å². The standard InChI is InChI=1S/C23H28BrF4N5O/c1-13-10-33(14(2)9-29-13)20-16-6-17(23(26,27)28)18(24)7-19(16)30-21(31-20)34-12-22-4-3-5-32(22)11-15(25)8-22/h6-7,13-15,29H,3-5,8-12H2,1-2H3/t13-,14+,15-,22+/m1/s1. The molecule has 0 bridgehead atoms. The molecular weight excluding hydrogens is 518 g/mol. The summed E-state index contributed by atoms with van der Waals surface area (Å²) in [5, 5.41) is 3.71. The van der Waals surface area contributed by atoms with Crippen molar-refractivity contribution in [1.82, 2.24) is 20.2 Å². The van der Waals surface area contributed by atoms with E-state index >= 15 is 0 Å². The van der Waals surface area contributed by atoms with E-state index < -0.39 is 17.9 Å². The molecule has 0 spiro atoms. The average Bonchev–Trinajstić information content (AvgIpc) is 3.27. The van der Waals surface area contributed by atoms with E-state index in [1.165, 1.54) is 6.07 Å². The van der Waals surface area contributed by atoms with Gasteiger partial charge in [-0.05, 0) is 45.4 Å². The number of ether oxygens (including phenoxy) is 1. The Kier molecular flexibility index (Phi) is 6.17. The number of alkyl halides is 4. The van der Waals surface area contributed by atoms with Gasteiger partial charge in [0, 0.05) is 48.0 Å². The van der Waals surface area contributed by atoms with Crippen LogP contribution in [-0.2, 0) is 6.18 Å². The Bertz CT molecular complexity index is 1090. The van der Waals surface area contributed by atoms with Gasteiger partial charge in [-0.15, -0.1) is 0 Å². The third-order valence-electron chi connectivity index (χ3n) is 7.32. The third kappa shape index (κ3) is 4.35. The van der Waals surface area contributed by atoms with Gasteiger partial charge in [0.25, 0.3) is 0 Å². The van der Waals surface area contributed by atoms with Crippen LogP contribution in [0.3, 0.4) is 0 Å². The van der Waals surface area contributed by atoms with Gasteiger partial charge in [-0.25, -0.2) is 4.39 Å². The fourth-order valence-corrected chi connectivity index (χ4v) is 6.13. The van der Waals surface area contributed by atoms with Crippen LogP contribution in [0.1, 0.15) is 38.7 Å². The normalized spacial score (nSPS) is 30.2. The molecule has 5 rings (SSSR count). The molecular formula is C23H28BrF4N5O. The summed E-state index contributed by atoms with van der Waals surface area (Å²) >= 11 is 3.06. The smallest absolute Gasteiger partial charge is 0.417 e. The van der Waals surface area contributed by atoms with Crippen molar-refractivity contribution in [3.8, 4) is 6.01 Å². The number of halogens is 5. The summed E-state index contributed by atoms with van der Waals surface area (Å²) in [5.74, 6) is 0.425. The first-order chi connectivity index (χ1) is 16.1. The monoisotopic (exact) mass is 545 g/mol. The number of nitrogens with zero attached hydrogens (tertiary/aromatic N) is 4. The quantitative estimate of drug-likeness (QED) is 0.569. The molecule has 3 aliphatic rings. The molecule has 3 saturated heterocycles. The van der Waals surface area contributed by atoms with Crippen molar-refractivity contribution >= 4 is 32.7 Å². The number of rotatable bonds is 4. The molecule has 1 aromatic carbocycles. The Morgan fingerprint density at radius 1 is 1.24 bits per heavy atom. The zero-order valence-corrected chi connectivity index (χ0v) is 20.7. The van der Waals surface area contributed by atoms with Crippen molar-refractivity contribution in [2.45, 2.75) is 63.1 Å². The topological polar surface area (TPSA) is 53.5 Å². The van der Waals surface area contributed by atoms with Gasteiger partial charge in [0.1, 0.15) is 18.6 Å². The highest BCUT2D eigenvalue weighted by Gasteiger charge is 2.49. The van der Waals surface area contributed by atoms with Crippen LogP contribution in [0.15, 0.2) is 16.6 Å². The number of hydrogen-bond acceptors (Lipinski definition) is 6. The number of fused-ring (bicyclic) bond motifs is 2. The van der Waals surface area contributed by atoms with Gasteiger partial charge >= 0.3 is 12.2 Å². The summed E-state index contributed by atoms with van der Waals surface area (Å²) in [6.45, 7) is 6.82. The predicted octanol–water partition coefficient (Wildman–Crippen LogP) is 4.55. The fourth-order valence-electron chi connectivity index (χ4n) is 5.58. The first kappa shape index (κ1) is 24.0. The molecule has 1 N–H and O–H groups in total. The van der Waals surface area contributed by atoms with Gasteiger partial charge in [-0.3, -0.25) is 4.90 Å². The van der Waals surface area contributed by atoms with Crippen LogP contribution in [0.5, 0.6) is 6.01 Å². The maximum atomic E-state index is 14.2. The van der Waals surface area contributed by atoms with Gasteiger partial charge in [-0.2, -0.15) is 23.1 Å². The van der Waals surface area contributed by atoms with Crippen molar-refractivity contribution in [3.63, 3.8) is 0 Å². The first-order valence-electron chi connectivity index (χ1n) is 11.7. The summed E-state index contributed by atoms with van der Waals surface area (Å²) in [6, 6.07) is 2.76. The summed E-state index contributed by atoms with van der Waals surface area (Å²) in [5.41, 5.74) is -0.765. The Labute approximate surface area is 204 Å². The number of benzene rings is 1. The largest absolute Gasteiger partial charge is 0.461 e. The minimum atomic E-state index is -4.52. The molecule has 1 aromatic heterocycles. The van der Waals surface area contributed by atoms with Gasteiger partial charge in [-0.1, -0.05) is 15.9 Å². The summed E-state index contributed by atoms with van der Waals surface area (Å²) in [7, 11) is 0. The Balaban J connectivity index is 1.55. The average molecular weight is 546 g/mol. The molecule has 6 nitrogen and oxygen atoms in total. The molecule has 4 atom stereocenters. The SMILES string of the molecule is C[C@@H]1CN(c2nc(OC[C@@]34CCCN3C[C@H](F)C4)nc3cc(Br)c(C(F)(F)F)cc23)[C@@H](C)CN1. The van der Waals surface area contributed by atoms with E-state index in [4.69, 9.17) is 4.74 Å². The van der Waals surface area contributed by atoms with Crippen LogP contribution in [0.4, 0.5) is 23.4 Å². The van der Waals surface area contributed by atoms with Gasteiger partial charge in [0.05, 0.1) is 16.6 Å². The minimum absolute atomic E-state index is 0.0196. The van der Waals surface area contributed by atoms with Crippen molar-refractivity contribution in [2.24, 2.45) is 0 Å². The highest BCUT2D eigenvalue weighted by Crippen LogP contribution is 2.42. The molecule has 0 amide bonds. The molecule has 4 heterocycles. The lowest BCUT2D eigenvalue weighted by molar-refractivity contribution is -0.138. The third-order valence-corrected chi connectivity index (χ3v) is 7.97. The molecule has 0 aliphatic carbocycles. The molecule has 0 radical (unpaired) electrons. The number of anilines is 1. The zero-order valence-electron chi connectivity index (χ0n) is 19.1. The molecule has 3 aliphatic heterocycles. The maximum Gasteiger partial charge on any atom is 0.417 e. The van der Waals surface area contributed by atoms with Gasteiger partial charge in [0.15, 0.2) is 0 Å². The molecule has 34 heavy (non-hydrogen) atoms. The van der Waals surface area contributed by atoms with Gasteiger partial charge in [0.2, 0.25) is 0 Å². The number of nitrogens with one attached hydrogen (secondary N) is 1. The minimum Gasteiger partial charge on any atom is -0.461 e. The van der Waals surface area contributed by atoms with E-state index in [2.05, 4.69) is 36.1 Å². The highest BCUT2D eigenvalue weighted by atomic mass is 79.9. The second-order valence-electron chi connectivity index (χ2n) is 9.85. The lowest BCUT2D eigenvalue weighted by Gasteiger charge is -2.39. The molecule has 3 fully saturated rings. The highest BCUT2D eigenvalue weighted by molar-refractivity contribution is 9.10. The van der Waals surface area contributed by atoms with Crippen molar-refractivity contribution < 1.29 is 22.3 Å². The van der Waals surface area contributed by atoms with Crippen LogP contribution >= 0.6 is 15.9 Å². The van der Waals surface area contributed by atoms with Crippen LogP contribution in [0.2, 0.25) is 0 Å². The predicted molar refractivity (Wildman–Crippen MR) is 125 cm³/mol. The summed E-state index contributed by atoms with van der Waals surface area (Å²) in [4.78, 5) is 13.2. The maximum absolute atomic E-state index is 14.2. The van der Waals surface area contributed by atoms with Crippen molar-refractivity contribution in [2.75, 3.05) is 37.7 Å². The van der Waals surface area contributed by atoms with E-state index in [1.54, 1.807) is 0 Å². The molecule has 2 aromatic rings. The lowest BCUT2D eigenvalue weighted by atomic mass is 9.95. The number of piperazine rings is 1. The van der Waals surface area contributed by atoms with Gasteiger partial charge < -0.3 is 15.0 Å². The lowest BCUT2D eigenvalue weighted by Crippen LogP contribution is -2.54. The second kappa shape index (κ2) is 8.74. The second-order valence-corrected chi connectivity index (χ2v) is 10.7. The van der Waals surface area contributed by atoms with Crippen molar-refractivity contribution in [1.29, 1.82) is 0 Å². The molecule has 11 heteroatoms. The summed E-state index contributed by atoms with van der Waals surface area (Å²) < 4.78 is 61.1. The molecule has 186 valence electrons. The molecule has 0 saturated carbocycles. The van der Waals surface area contributed by atoms with Crippen LogP contribution in [0, 0.1) is 0 Å². The van der Waals surface area contributed by atoms with E-state index in [-0.39, 0.29) is 34.7 Å². The fraction of sp³-hybridized carbons (Fsp3) is 0.652. The van der Waals surface area contributed by atoms with Crippen molar-refractivity contribution in [3.05, 3.63) is 22.2 Å². The Hall–Kier alpha value is -1.72. The van der Waals surface area contributed by atoms with E-state index in [9.17, 15) is 17.6 Å². The Morgan fingerprint density at radius 2 is 2.03 bits per heavy atom. The van der Waals surface area contributed by atoms with E-state index in [1.807, 2.05) is 18.7 Å². The summed E-state index contributed by atoms with van der Waals surface area (Å²) in [6.07, 6.45) is -3.14. The van der Waals surface area contributed by atoms with Crippen LogP contribution < -0.4 is 15.0 Å². The van der Waals surface area contributed by atoms with Crippen LogP contribution in [0.25, 0.3) is 10.9 Å². The first-order valence-corrected chi connectivity index (χ1v) is 12.5. The number of aromatic nitrogens is 2. The number of hydrogen-bond donors (Lipinski definition) is 1. The van der Waals surface area contributed by atoms with Crippen LogP contribution in [-0.4, -0.2) is 71.4 Å². The van der Waals surface area contributed by atoms with E-state index in [0.717, 1.165) is 25.5 Å². The molecule has 0 unspecified atom stereocenters.